The van der Waals surface area contributed by atoms with Crippen molar-refractivity contribution in [2.24, 2.45) is 5.73 Å². The van der Waals surface area contributed by atoms with Gasteiger partial charge in [0.25, 0.3) is 0 Å². The minimum Gasteiger partial charge on any atom is -0.326 e. The summed E-state index contributed by atoms with van der Waals surface area (Å²) in [4.78, 5) is 4.40. The van der Waals surface area contributed by atoms with Gasteiger partial charge in [-0.25, -0.2) is 9.67 Å². The monoisotopic (exact) mass is 298 g/mol. The maximum absolute atomic E-state index is 12.6. The van der Waals surface area contributed by atoms with E-state index >= 15 is 0 Å². The zero-order chi connectivity index (χ0) is 15.8. The molecule has 0 spiro atoms. The van der Waals surface area contributed by atoms with Crippen LogP contribution in [-0.2, 0) is 18.1 Å². The normalized spacial score (nSPS) is 12.7. The second-order valence-electron chi connectivity index (χ2n) is 5.82. The topological polar surface area (TPSA) is 56.7 Å². The molecule has 114 valence electrons. The maximum Gasteiger partial charge on any atom is 0.435 e. The lowest BCUT2D eigenvalue weighted by Gasteiger charge is -2.19. The zero-order valence-electron chi connectivity index (χ0n) is 12.1. The molecule has 0 bridgehead atoms. The Kier molecular flexibility index (Phi) is 3.79. The zero-order valence-corrected chi connectivity index (χ0v) is 12.1. The van der Waals surface area contributed by atoms with Crippen molar-refractivity contribution < 1.29 is 13.2 Å². The van der Waals surface area contributed by atoms with Crippen LogP contribution < -0.4 is 5.73 Å². The molecule has 0 aromatic carbocycles. The van der Waals surface area contributed by atoms with Crippen LogP contribution in [0.3, 0.4) is 0 Å². The molecule has 0 aliphatic heterocycles. The van der Waals surface area contributed by atoms with Crippen LogP contribution in [0.2, 0.25) is 0 Å². The van der Waals surface area contributed by atoms with Gasteiger partial charge in [0, 0.05) is 23.9 Å². The molecule has 0 aliphatic carbocycles. The standard InChI is InChI=1S/C14H17F3N4/c1-13(2,3)11-6-9(8-18)7-12(19-11)21-5-4-10(20-21)14(15,16)17/h4-7H,8,18H2,1-3H3. The molecule has 0 atom stereocenters. The lowest BCUT2D eigenvalue weighted by molar-refractivity contribution is -0.141. The fourth-order valence-corrected chi connectivity index (χ4v) is 1.79. The van der Waals surface area contributed by atoms with E-state index in [1.807, 2.05) is 26.8 Å². The molecule has 0 radical (unpaired) electrons. The third kappa shape index (κ3) is 3.41. The van der Waals surface area contributed by atoms with Gasteiger partial charge in [0.1, 0.15) is 0 Å². The summed E-state index contributed by atoms with van der Waals surface area (Å²) in [7, 11) is 0. The first kappa shape index (κ1) is 15.5. The molecule has 0 unspecified atom stereocenters. The van der Waals surface area contributed by atoms with Crippen LogP contribution in [0.4, 0.5) is 13.2 Å². The summed E-state index contributed by atoms with van der Waals surface area (Å²) in [5.74, 6) is 0.332. The SMILES string of the molecule is CC(C)(C)c1cc(CN)cc(-n2ccc(C(F)(F)F)n2)n1. The molecule has 4 nitrogen and oxygen atoms in total. The minimum atomic E-state index is -4.47. The van der Waals surface area contributed by atoms with Gasteiger partial charge in [-0.2, -0.15) is 18.3 Å². The smallest absolute Gasteiger partial charge is 0.326 e. The van der Waals surface area contributed by atoms with Crippen molar-refractivity contribution >= 4 is 0 Å². The van der Waals surface area contributed by atoms with E-state index in [0.717, 1.165) is 22.0 Å². The largest absolute Gasteiger partial charge is 0.435 e. The van der Waals surface area contributed by atoms with Crippen molar-refractivity contribution in [3.8, 4) is 5.82 Å². The van der Waals surface area contributed by atoms with E-state index < -0.39 is 11.9 Å². The molecule has 2 N–H and O–H groups in total. The van der Waals surface area contributed by atoms with E-state index in [0.29, 0.717) is 5.82 Å². The van der Waals surface area contributed by atoms with E-state index in [-0.39, 0.29) is 12.0 Å². The first-order valence-electron chi connectivity index (χ1n) is 6.46. The van der Waals surface area contributed by atoms with Crippen LogP contribution in [-0.4, -0.2) is 14.8 Å². The summed E-state index contributed by atoms with van der Waals surface area (Å²) >= 11 is 0. The Labute approximate surface area is 120 Å². The van der Waals surface area contributed by atoms with Gasteiger partial charge in [0.05, 0.1) is 0 Å². The van der Waals surface area contributed by atoms with Gasteiger partial charge in [0.2, 0.25) is 0 Å². The van der Waals surface area contributed by atoms with Crippen molar-refractivity contribution in [2.45, 2.75) is 38.9 Å². The number of nitrogens with zero attached hydrogens (tertiary/aromatic N) is 3. The Morgan fingerprint density at radius 1 is 1.14 bits per heavy atom. The van der Waals surface area contributed by atoms with Gasteiger partial charge in [-0.3, -0.25) is 0 Å². The molecule has 2 heterocycles. The van der Waals surface area contributed by atoms with Crippen LogP contribution in [0.15, 0.2) is 24.4 Å². The van der Waals surface area contributed by atoms with Crippen molar-refractivity contribution in [1.82, 2.24) is 14.8 Å². The van der Waals surface area contributed by atoms with E-state index in [1.165, 1.54) is 6.20 Å². The molecule has 2 aromatic heterocycles. The first-order valence-corrected chi connectivity index (χ1v) is 6.46. The summed E-state index contributed by atoms with van der Waals surface area (Å²) in [5, 5.41) is 3.54. The van der Waals surface area contributed by atoms with Gasteiger partial charge < -0.3 is 5.73 Å². The summed E-state index contributed by atoms with van der Waals surface area (Å²) in [6.07, 6.45) is -3.22. The molecule has 0 saturated carbocycles. The number of rotatable bonds is 2. The van der Waals surface area contributed by atoms with Crippen molar-refractivity contribution in [3.05, 3.63) is 41.3 Å². The Morgan fingerprint density at radius 3 is 2.29 bits per heavy atom. The van der Waals surface area contributed by atoms with Crippen molar-refractivity contribution in [2.75, 3.05) is 0 Å². The molecular formula is C14H17F3N4. The number of alkyl halides is 3. The fourth-order valence-electron chi connectivity index (χ4n) is 1.79. The molecule has 0 fully saturated rings. The Morgan fingerprint density at radius 2 is 1.81 bits per heavy atom. The second-order valence-corrected chi connectivity index (χ2v) is 5.82. The maximum atomic E-state index is 12.6. The quantitative estimate of drug-likeness (QED) is 0.927. The predicted octanol–water partition coefficient (Wildman–Crippen LogP) is 3.04. The number of aromatic nitrogens is 3. The van der Waals surface area contributed by atoms with Crippen LogP contribution in [0.5, 0.6) is 0 Å². The van der Waals surface area contributed by atoms with E-state index in [4.69, 9.17) is 5.73 Å². The molecular weight excluding hydrogens is 281 g/mol. The Bertz CT molecular complexity index is 638. The van der Waals surface area contributed by atoms with Crippen molar-refractivity contribution in [1.29, 1.82) is 0 Å². The predicted molar refractivity (Wildman–Crippen MR) is 73.0 cm³/mol. The number of hydrogen-bond acceptors (Lipinski definition) is 3. The average Bonchev–Trinajstić information content (AvgIpc) is 2.86. The number of nitrogens with two attached hydrogens (primary N) is 1. The van der Waals surface area contributed by atoms with Crippen molar-refractivity contribution in [3.63, 3.8) is 0 Å². The Hall–Kier alpha value is -1.89. The third-order valence-corrected chi connectivity index (χ3v) is 2.99. The average molecular weight is 298 g/mol. The molecule has 7 heteroatoms. The van der Waals surface area contributed by atoms with Gasteiger partial charge >= 0.3 is 6.18 Å². The van der Waals surface area contributed by atoms with Crippen LogP contribution >= 0.6 is 0 Å². The van der Waals surface area contributed by atoms with E-state index in [1.54, 1.807) is 6.07 Å². The van der Waals surface area contributed by atoms with Gasteiger partial charge in [-0.15, -0.1) is 0 Å². The molecule has 0 amide bonds. The number of pyridine rings is 1. The molecule has 2 rings (SSSR count). The van der Waals surface area contributed by atoms with Gasteiger partial charge in [0.15, 0.2) is 11.5 Å². The lowest BCUT2D eigenvalue weighted by atomic mass is 9.91. The molecule has 21 heavy (non-hydrogen) atoms. The highest BCUT2D eigenvalue weighted by atomic mass is 19.4. The van der Waals surface area contributed by atoms with Gasteiger partial charge in [-0.1, -0.05) is 20.8 Å². The van der Waals surface area contributed by atoms with E-state index in [9.17, 15) is 13.2 Å². The molecule has 0 aliphatic rings. The molecule has 2 aromatic rings. The number of halogens is 3. The van der Waals surface area contributed by atoms with Crippen LogP contribution in [0.25, 0.3) is 5.82 Å². The minimum absolute atomic E-state index is 0.236. The molecule has 0 saturated heterocycles. The lowest BCUT2D eigenvalue weighted by Crippen LogP contribution is -2.17. The summed E-state index contributed by atoms with van der Waals surface area (Å²) in [6, 6.07) is 4.42. The van der Waals surface area contributed by atoms with Gasteiger partial charge in [-0.05, 0) is 23.8 Å². The highest BCUT2D eigenvalue weighted by Crippen LogP contribution is 2.28. The summed E-state index contributed by atoms with van der Waals surface area (Å²) in [6.45, 7) is 6.21. The number of hydrogen-bond donors (Lipinski definition) is 1. The summed E-state index contributed by atoms with van der Waals surface area (Å²) in [5.41, 5.74) is 6.02. The highest BCUT2D eigenvalue weighted by molar-refractivity contribution is 5.33. The second kappa shape index (κ2) is 5.14. The summed E-state index contributed by atoms with van der Waals surface area (Å²) < 4.78 is 39.0. The van der Waals surface area contributed by atoms with Crippen LogP contribution in [0.1, 0.15) is 37.7 Å². The highest BCUT2D eigenvalue weighted by Gasteiger charge is 2.33. The fraction of sp³-hybridized carbons (Fsp3) is 0.429. The van der Waals surface area contributed by atoms with E-state index in [2.05, 4.69) is 10.1 Å². The van der Waals surface area contributed by atoms with Crippen LogP contribution in [0, 0.1) is 0 Å². The third-order valence-electron chi connectivity index (χ3n) is 2.99. The first-order chi connectivity index (χ1) is 9.61. The Balaban J connectivity index is 2.51.